The van der Waals surface area contributed by atoms with Gasteiger partial charge >= 0.3 is 0 Å². The Hall–Kier alpha value is -5.50. The molecule has 0 aliphatic heterocycles. The third-order valence-corrected chi connectivity index (χ3v) is 6.19. The van der Waals surface area contributed by atoms with Crippen LogP contribution < -0.4 is 5.73 Å². The number of nitrogens with two attached hydrogens (primary N) is 1. The Morgan fingerprint density at radius 2 is 1.92 bits per heavy atom. The van der Waals surface area contributed by atoms with Crippen LogP contribution >= 0.6 is 0 Å². The molecule has 0 aliphatic rings. The summed E-state index contributed by atoms with van der Waals surface area (Å²) in [5.41, 5.74) is 11.2. The van der Waals surface area contributed by atoms with Crippen LogP contribution in [0.4, 0.5) is 10.2 Å². The number of hydrogen-bond acceptors (Lipinski definition) is 8. The van der Waals surface area contributed by atoms with Crippen molar-refractivity contribution in [3.05, 3.63) is 96.1 Å². The van der Waals surface area contributed by atoms with Crippen molar-refractivity contribution in [3.8, 4) is 40.0 Å². The van der Waals surface area contributed by atoms with Gasteiger partial charge in [-0.1, -0.05) is 24.3 Å². The highest BCUT2D eigenvalue weighted by Crippen LogP contribution is 2.33. The summed E-state index contributed by atoms with van der Waals surface area (Å²) < 4.78 is 18.4. The molecule has 0 aliphatic carbocycles. The van der Waals surface area contributed by atoms with Gasteiger partial charge in [0.25, 0.3) is 0 Å². The second-order valence-electron chi connectivity index (χ2n) is 8.53. The van der Waals surface area contributed by atoms with Gasteiger partial charge in [0.2, 0.25) is 0 Å². The van der Waals surface area contributed by atoms with Gasteiger partial charge in [0.1, 0.15) is 23.5 Å². The third-order valence-electron chi connectivity index (χ3n) is 6.19. The lowest BCUT2D eigenvalue weighted by atomic mass is 10.0. The van der Waals surface area contributed by atoms with Gasteiger partial charge in [-0.2, -0.15) is 15.5 Å². The molecule has 0 amide bonds. The summed E-state index contributed by atoms with van der Waals surface area (Å²) >= 11 is 0. The summed E-state index contributed by atoms with van der Waals surface area (Å²) in [5.74, 6) is 0.114. The molecule has 0 spiro atoms. The molecular weight excluding hydrogens is 483 g/mol. The smallest absolute Gasteiger partial charge is 0.198 e. The van der Waals surface area contributed by atoms with E-state index in [9.17, 15) is 5.26 Å². The van der Waals surface area contributed by atoms with Gasteiger partial charge in [-0.3, -0.25) is 4.68 Å². The molecule has 0 bridgehead atoms. The van der Waals surface area contributed by atoms with E-state index in [-0.39, 0.29) is 18.1 Å². The molecule has 0 atom stereocenters. The van der Waals surface area contributed by atoms with Crippen LogP contribution in [-0.2, 0) is 13.5 Å². The van der Waals surface area contributed by atoms with Crippen LogP contribution in [0, 0.1) is 17.1 Å². The third kappa shape index (κ3) is 3.90. The molecule has 38 heavy (non-hydrogen) atoms. The van der Waals surface area contributed by atoms with Crippen LogP contribution in [0.2, 0.25) is 0 Å². The molecule has 6 aromatic rings. The van der Waals surface area contributed by atoms with Crippen molar-refractivity contribution in [2.45, 2.75) is 6.42 Å². The maximum absolute atomic E-state index is 15.1. The Balaban J connectivity index is 1.56. The highest BCUT2D eigenvalue weighted by molar-refractivity contribution is 5.81. The van der Waals surface area contributed by atoms with Crippen LogP contribution in [0.15, 0.2) is 73.3 Å². The minimum absolute atomic E-state index is 0.108. The lowest BCUT2D eigenvalue weighted by Gasteiger charge is -2.11. The van der Waals surface area contributed by atoms with Crippen LogP contribution in [0.1, 0.15) is 17.0 Å². The zero-order valence-electron chi connectivity index (χ0n) is 20.1. The fourth-order valence-corrected chi connectivity index (χ4v) is 4.45. The first-order valence-corrected chi connectivity index (χ1v) is 11.6. The molecular formula is C27H19FN10. The Morgan fingerprint density at radius 1 is 1.05 bits per heavy atom. The largest absolute Gasteiger partial charge is 0.381 e. The standard InChI is InChI=1S/C27H19FN10/c1-37-22(9-11-33-37)18-6-3-7-20(28)19(18)13-23-34-27-26(30)35-24(17-5-2-4-16(12-17)14-29)25(38(27)36-23)21-8-10-31-15-32-21/h2-12,15H,13H2,1H3,(H2,30,35). The van der Waals surface area contributed by atoms with Crippen LogP contribution in [0.5, 0.6) is 0 Å². The minimum atomic E-state index is -0.376. The van der Waals surface area contributed by atoms with Crippen LogP contribution in [0.25, 0.3) is 39.5 Å². The molecule has 0 fully saturated rings. The van der Waals surface area contributed by atoms with Crippen molar-refractivity contribution >= 4 is 11.5 Å². The number of benzene rings is 2. The molecule has 0 saturated carbocycles. The maximum atomic E-state index is 15.1. The highest BCUT2D eigenvalue weighted by Gasteiger charge is 2.22. The monoisotopic (exact) mass is 502 g/mol. The van der Waals surface area contributed by atoms with Gasteiger partial charge in [-0.05, 0) is 30.3 Å². The molecule has 6 rings (SSSR count). The summed E-state index contributed by atoms with van der Waals surface area (Å²) in [6.45, 7) is 0. The zero-order chi connectivity index (χ0) is 26.2. The lowest BCUT2D eigenvalue weighted by molar-refractivity contribution is 0.612. The summed E-state index contributed by atoms with van der Waals surface area (Å²) in [5, 5.41) is 18.4. The van der Waals surface area contributed by atoms with E-state index in [1.165, 1.54) is 12.4 Å². The van der Waals surface area contributed by atoms with E-state index < -0.39 is 0 Å². The SMILES string of the molecule is Cn1nccc1-c1cccc(F)c1Cc1nc2c(N)nc(-c3cccc(C#N)c3)c(-c3ccncn3)n2n1. The molecule has 4 aromatic heterocycles. The fourth-order valence-electron chi connectivity index (χ4n) is 4.45. The number of aryl methyl sites for hydroxylation is 1. The summed E-state index contributed by atoms with van der Waals surface area (Å²) in [4.78, 5) is 17.7. The molecule has 2 N–H and O–H groups in total. The number of nitrogen functional groups attached to an aromatic ring is 1. The fraction of sp³-hybridized carbons (Fsp3) is 0.0741. The predicted octanol–water partition coefficient (Wildman–Crippen LogP) is 3.83. The van der Waals surface area contributed by atoms with Crippen LogP contribution in [0.3, 0.4) is 0 Å². The molecule has 4 heterocycles. The Morgan fingerprint density at radius 3 is 2.68 bits per heavy atom. The summed E-state index contributed by atoms with van der Waals surface area (Å²) in [7, 11) is 1.80. The first-order chi connectivity index (χ1) is 18.5. The van der Waals surface area contributed by atoms with Crippen molar-refractivity contribution in [3.63, 3.8) is 0 Å². The Bertz CT molecular complexity index is 1850. The first kappa shape index (κ1) is 22.9. The predicted molar refractivity (Wildman–Crippen MR) is 138 cm³/mol. The minimum Gasteiger partial charge on any atom is -0.381 e. The quantitative estimate of drug-likeness (QED) is 0.376. The van der Waals surface area contributed by atoms with E-state index in [1.807, 2.05) is 18.2 Å². The van der Waals surface area contributed by atoms with Gasteiger partial charge in [0.15, 0.2) is 17.3 Å². The van der Waals surface area contributed by atoms with Crippen molar-refractivity contribution < 1.29 is 4.39 Å². The summed E-state index contributed by atoms with van der Waals surface area (Å²) in [6.07, 6.45) is 4.80. The molecule has 11 heteroatoms. The van der Waals surface area contributed by atoms with Crippen molar-refractivity contribution in [2.75, 3.05) is 5.73 Å². The molecule has 0 unspecified atom stereocenters. The van der Waals surface area contributed by atoms with Gasteiger partial charge in [0.05, 0.1) is 23.0 Å². The van der Waals surface area contributed by atoms with Crippen molar-refractivity contribution in [1.82, 2.24) is 39.3 Å². The van der Waals surface area contributed by atoms with Crippen molar-refractivity contribution in [2.24, 2.45) is 7.05 Å². The van der Waals surface area contributed by atoms with E-state index >= 15 is 4.39 Å². The molecule has 184 valence electrons. The summed E-state index contributed by atoms with van der Waals surface area (Å²) in [6, 6.07) is 17.6. The number of anilines is 1. The number of rotatable bonds is 5. The van der Waals surface area contributed by atoms with Crippen molar-refractivity contribution in [1.29, 1.82) is 5.26 Å². The van der Waals surface area contributed by atoms with E-state index in [4.69, 9.17) is 10.8 Å². The topological polar surface area (TPSA) is 136 Å². The van der Waals surface area contributed by atoms with E-state index in [1.54, 1.807) is 59.0 Å². The number of hydrogen-bond donors (Lipinski definition) is 1. The molecule has 0 saturated heterocycles. The molecule has 10 nitrogen and oxygen atoms in total. The first-order valence-electron chi connectivity index (χ1n) is 11.6. The maximum Gasteiger partial charge on any atom is 0.198 e. The second kappa shape index (κ2) is 9.18. The Labute approximate surface area is 215 Å². The number of fused-ring (bicyclic) bond motifs is 1. The van der Waals surface area contributed by atoms with Gasteiger partial charge in [0, 0.05) is 42.6 Å². The number of halogens is 1. The average Bonchev–Trinajstić information content (AvgIpc) is 3.56. The van der Waals surface area contributed by atoms with Crippen LogP contribution in [-0.4, -0.2) is 39.3 Å². The van der Waals surface area contributed by atoms with Gasteiger partial charge in [-0.25, -0.2) is 28.8 Å². The zero-order valence-corrected chi connectivity index (χ0v) is 20.1. The van der Waals surface area contributed by atoms with E-state index in [2.05, 4.69) is 31.1 Å². The normalized spacial score (nSPS) is 11.1. The molecule has 2 aromatic carbocycles. The average molecular weight is 503 g/mol. The lowest BCUT2D eigenvalue weighted by Crippen LogP contribution is -2.06. The number of nitriles is 1. The second-order valence-corrected chi connectivity index (χ2v) is 8.53. The van der Waals surface area contributed by atoms with Gasteiger partial charge < -0.3 is 5.73 Å². The molecule has 0 radical (unpaired) electrons. The van der Waals surface area contributed by atoms with E-state index in [0.717, 1.165) is 5.69 Å². The van der Waals surface area contributed by atoms with Gasteiger partial charge in [-0.15, -0.1) is 0 Å². The van der Waals surface area contributed by atoms with E-state index in [0.29, 0.717) is 50.8 Å². The number of aromatic nitrogens is 8. The highest BCUT2D eigenvalue weighted by atomic mass is 19.1. The Kier molecular flexibility index (Phi) is 5.54. The number of nitrogens with zero attached hydrogens (tertiary/aromatic N) is 9.